The van der Waals surface area contributed by atoms with Crippen molar-refractivity contribution in [1.29, 1.82) is 0 Å². The summed E-state index contributed by atoms with van der Waals surface area (Å²) in [5.41, 5.74) is 0. The summed E-state index contributed by atoms with van der Waals surface area (Å²) in [7, 11) is 0. The summed E-state index contributed by atoms with van der Waals surface area (Å²) in [5, 5.41) is 0. The molecule has 0 aliphatic rings. The Morgan fingerprint density at radius 3 is 1.61 bits per heavy atom. The van der Waals surface area contributed by atoms with Crippen LogP contribution in [0.3, 0.4) is 0 Å². The van der Waals surface area contributed by atoms with Crippen molar-refractivity contribution in [1.82, 2.24) is 0 Å². The van der Waals surface area contributed by atoms with Crippen molar-refractivity contribution in [3.05, 3.63) is 12.2 Å². The molecule has 0 saturated heterocycles. The van der Waals surface area contributed by atoms with Crippen LogP contribution in [0.15, 0.2) is 12.2 Å². The quantitative estimate of drug-likeness (QED) is 0.0722. The second kappa shape index (κ2) is 27.5. The van der Waals surface area contributed by atoms with E-state index < -0.39 is 0 Å². The molecule has 0 fully saturated rings. The van der Waals surface area contributed by atoms with Gasteiger partial charge < -0.3 is 4.74 Å². The van der Waals surface area contributed by atoms with Crippen LogP contribution in [0, 0.1) is 5.92 Å². The second-order valence-corrected chi connectivity index (χ2v) is 10.6. The van der Waals surface area contributed by atoms with Gasteiger partial charge in [-0.25, -0.2) is 0 Å². The molecule has 0 saturated carbocycles. The molecule has 0 atom stereocenters. The van der Waals surface area contributed by atoms with E-state index >= 15 is 0 Å². The van der Waals surface area contributed by atoms with Gasteiger partial charge in [0.25, 0.3) is 0 Å². The Balaban J connectivity index is 3.18. The van der Waals surface area contributed by atoms with E-state index in [1.807, 2.05) is 0 Å². The maximum absolute atomic E-state index is 11.8. The molecule has 0 aliphatic carbocycles. The maximum atomic E-state index is 11.8. The topological polar surface area (TPSA) is 26.3 Å². The second-order valence-electron chi connectivity index (χ2n) is 10.6. The van der Waals surface area contributed by atoms with E-state index in [9.17, 15) is 4.79 Å². The van der Waals surface area contributed by atoms with Crippen molar-refractivity contribution in [3.63, 3.8) is 0 Å². The fraction of sp³-hybridized carbons (Fsp3) is 0.903. The minimum Gasteiger partial charge on any atom is -0.466 e. The molecule has 2 heteroatoms. The number of hydrogen-bond acceptors (Lipinski definition) is 2. The van der Waals surface area contributed by atoms with E-state index in [4.69, 9.17) is 4.74 Å². The monoisotopic (exact) mass is 464 g/mol. The highest BCUT2D eigenvalue weighted by Gasteiger charge is 2.02. The summed E-state index contributed by atoms with van der Waals surface area (Å²) in [5.74, 6) is 0.882. The van der Waals surface area contributed by atoms with Crippen LogP contribution in [0.2, 0.25) is 0 Å². The molecule has 0 aromatic heterocycles. The van der Waals surface area contributed by atoms with Crippen molar-refractivity contribution in [2.75, 3.05) is 6.61 Å². The van der Waals surface area contributed by atoms with Crippen molar-refractivity contribution in [3.8, 4) is 0 Å². The van der Waals surface area contributed by atoms with Crippen molar-refractivity contribution in [2.45, 2.75) is 168 Å². The van der Waals surface area contributed by atoms with Crippen LogP contribution in [-0.2, 0) is 9.53 Å². The van der Waals surface area contributed by atoms with E-state index in [0.29, 0.717) is 13.0 Å². The van der Waals surface area contributed by atoms with Gasteiger partial charge in [-0.05, 0) is 38.0 Å². The van der Waals surface area contributed by atoms with Gasteiger partial charge in [-0.15, -0.1) is 0 Å². The molecule has 0 radical (unpaired) electrons. The minimum atomic E-state index is 0.0121. The Bertz CT molecular complexity index is 413. The summed E-state index contributed by atoms with van der Waals surface area (Å²) in [4.78, 5) is 11.8. The number of rotatable bonds is 26. The first kappa shape index (κ1) is 32.2. The SMILES string of the molecule is CCCC/C=C\CCCCCCCC(=O)OCCCCCCCCCCCCCCC(C)C. The molecule has 0 aliphatic heterocycles. The first-order chi connectivity index (χ1) is 16.2. The Hall–Kier alpha value is -0.790. The maximum Gasteiger partial charge on any atom is 0.305 e. The number of carbonyl (C=O) groups is 1. The third kappa shape index (κ3) is 29.2. The predicted octanol–water partition coefficient (Wildman–Crippen LogP) is 10.7. The third-order valence-electron chi connectivity index (χ3n) is 6.58. The molecule has 0 amide bonds. The van der Waals surface area contributed by atoms with Gasteiger partial charge in [-0.3, -0.25) is 4.79 Å². The van der Waals surface area contributed by atoms with Crippen LogP contribution in [0.4, 0.5) is 0 Å². The highest BCUT2D eigenvalue weighted by molar-refractivity contribution is 5.69. The van der Waals surface area contributed by atoms with Crippen LogP contribution in [0.5, 0.6) is 0 Å². The molecule has 0 spiro atoms. The Kier molecular flexibility index (Phi) is 26.8. The lowest BCUT2D eigenvalue weighted by Gasteiger charge is -2.06. The zero-order valence-corrected chi connectivity index (χ0v) is 23.0. The average molecular weight is 465 g/mol. The Morgan fingerprint density at radius 2 is 1.06 bits per heavy atom. The molecular weight excluding hydrogens is 404 g/mol. The van der Waals surface area contributed by atoms with Gasteiger partial charge in [-0.2, -0.15) is 0 Å². The first-order valence-electron chi connectivity index (χ1n) is 15.0. The highest BCUT2D eigenvalue weighted by Crippen LogP contribution is 2.14. The molecule has 196 valence electrons. The van der Waals surface area contributed by atoms with Crippen molar-refractivity contribution < 1.29 is 9.53 Å². The molecule has 0 N–H and O–H groups in total. The third-order valence-corrected chi connectivity index (χ3v) is 6.58. The lowest BCUT2D eigenvalue weighted by atomic mass is 10.0. The molecule has 0 heterocycles. The molecule has 2 nitrogen and oxygen atoms in total. The summed E-state index contributed by atoms with van der Waals surface area (Å²) >= 11 is 0. The zero-order valence-electron chi connectivity index (χ0n) is 23.0. The number of ether oxygens (including phenoxy) is 1. The van der Waals surface area contributed by atoms with Crippen LogP contribution in [0.1, 0.15) is 168 Å². The van der Waals surface area contributed by atoms with Gasteiger partial charge >= 0.3 is 5.97 Å². The number of esters is 1. The first-order valence-corrected chi connectivity index (χ1v) is 15.0. The normalized spacial score (nSPS) is 11.6. The smallest absolute Gasteiger partial charge is 0.305 e. The minimum absolute atomic E-state index is 0.0121. The summed E-state index contributed by atoms with van der Waals surface area (Å²) in [6.45, 7) is 7.52. The molecule has 33 heavy (non-hydrogen) atoms. The molecular formula is C31H60O2. The highest BCUT2D eigenvalue weighted by atomic mass is 16.5. The van der Waals surface area contributed by atoms with Crippen LogP contribution >= 0.6 is 0 Å². The number of carbonyl (C=O) groups excluding carboxylic acids is 1. The molecule has 0 unspecified atom stereocenters. The van der Waals surface area contributed by atoms with Gasteiger partial charge in [0, 0.05) is 6.42 Å². The standard InChI is InChI=1S/C31H60O2/c1-4-5-6-7-8-9-12-16-19-22-25-28-31(32)33-29-26-23-20-17-14-11-10-13-15-18-21-24-27-30(2)3/h7-8,30H,4-6,9-29H2,1-3H3/b8-7-. The fourth-order valence-electron chi connectivity index (χ4n) is 4.30. The van der Waals surface area contributed by atoms with Gasteiger partial charge in [0.05, 0.1) is 6.61 Å². The van der Waals surface area contributed by atoms with Gasteiger partial charge in [-0.1, -0.05) is 142 Å². The largest absolute Gasteiger partial charge is 0.466 e. The van der Waals surface area contributed by atoms with E-state index in [1.165, 1.54) is 122 Å². The van der Waals surface area contributed by atoms with E-state index in [-0.39, 0.29) is 5.97 Å². The van der Waals surface area contributed by atoms with Gasteiger partial charge in [0.2, 0.25) is 0 Å². The van der Waals surface area contributed by atoms with E-state index in [2.05, 4.69) is 32.9 Å². The number of allylic oxidation sites excluding steroid dienone is 2. The summed E-state index contributed by atoms with van der Waals surface area (Å²) in [6.07, 6.45) is 33.9. The summed E-state index contributed by atoms with van der Waals surface area (Å²) in [6, 6.07) is 0. The molecule has 0 aromatic rings. The Labute approximate surface area is 208 Å². The molecule has 0 bridgehead atoms. The zero-order chi connectivity index (χ0) is 24.2. The van der Waals surface area contributed by atoms with Crippen LogP contribution in [0.25, 0.3) is 0 Å². The number of hydrogen-bond donors (Lipinski definition) is 0. The van der Waals surface area contributed by atoms with Crippen molar-refractivity contribution in [2.24, 2.45) is 5.92 Å². The lowest BCUT2D eigenvalue weighted by molar-refractivity contribution is -0.143. The lowest BCUT2D eigenvalue weighted by Crippen LogP contribution is -2.05. The van der Waals surface area contributed by atoms with E-state index in [1.54, 1.807) is 0 Å². The summed E-state index contributed by atoms with van der Waals surface area (Å²) < 4.78 is 5.40. The number of unbranched alkanes of at least 4 members (excludes halogenated alkanes) is 18. The van der Waals surface area contributed by atoms with Gasteiger partial charge in [0.1, 0.15) is 0 Å². The van der Waals surface area contributed by atoms with Crippen LogP contribution < -0.4 is 0 Å². The van der Waals surface area contributed by atoms with Crippen LogP contribution in [-0.4, -0.2) is 12.6 Å². The van der Waals surface area contributed by atoms with Gasteiger partial charge in [0.15, 0.2) is 0 Å². The molecule has 0 rings (SSSR count). The fourth-order valence-corrected chi connectivity index (χ4v) is 4.30. The Morgan fingerprint density at radius 1 is 0.606 bits per heavy atom. The molecule has 0 aromatic carbocycles. The van der Waals surface area contributed by atoms with Crippen molar-refractivity contribution >= 4 is 5.97 Å². The average Bonchev–Trinajstić information content (AvgIpc) is 2.79. The predicted molar refractivity (Wildman–Crippen MR) is 147 cm³/mol. The van der Waals surface area contributed by atoms with E-state index in [0.717, 1.165) is 25.2 Å².